The summed E-state index contributed by atoms with van der Waals surface area (Å²) in [6.07, 6.45) is 0. The zero-order valence-electron chi connectivity index (χ0n) is 11.5. The number of aryl methyl sites for hydroxylation is 1. The zero-order chi connectivity index (χ0) is 13.2. The standard InChI is InChI=1S/C15H19N3S.ClH/c1-11-17-13(10-19-11)7-18-8-14(15(16)9-18)12-5-3-2-4-6-12;/h2-6,10,14-15H,7-9,16H2,1H3;1H/t14-,15+;/m0./s1. The molecule has 0 amide bonds. The molecule has 108 valence electrons. The van der Waals surface area contributed by atoms with Gasteiger partial charge in [0.25, 0.3) is 0 Å². The second-order valence-electron chi connectivity index (χ2n) is 5.23. The van der Waals surface area contributed by atoms with Crippen molar-refractivity contribution in [2.75, 3.05) is 13.1 Å². The molecule has 1 aliphatic rings. The van der Waals surface area contributed by atoms with Crippen LogP contribution in [0.25, 0.3) is 0 Å². The number of aromatic nitrogens is 1. The normalized spacial score (nSPS) is 22.7. The molecule has 2 aromatic rings. The molecule has 2 N–H and O–H groups in total. The highest BCUT2D eigenvalue weighted by atomic mass is 35.5. The van der Waals surface area contributed by atoms with Crippen molar-refractivity contribution in [3.8, 4) is 0 Å². The third-order valence-electron chi connectivity index (χ3n) is 3.72. The van der Waals surface area contributed by atoms with Crippen LogP contribution in [0.15, 0.2) is 35.7 Å². The summed E-state index contributed by atoms with van der Waals surface area (Å²) < 4.78 is 0. The highest BCUT2D eigenvalue weighted by Gasteiger charge is 2.31. The Kier molecular flexibility index (Phi) is 5.16. The van der Waals surface area contributed by atoms with Gasteiger partial charge in [-0.2, -0.15) is 0 Å². The van der Waals surface area contributed by atoms with Gasteiger partial charge in [0.2, 0.25) is 0 Å². The fourth-order valence-corrected chi connectivity index (χ4v) is 3.41. The molecule has 0 saturated carbocycles. The first-order valence-electron chi connectivity index (χ1n) is 6.66. The molecule has 2 atom stereocenters. The van der Waals surface area contributed by atoms with Gasteiger partial charge in [0.05, 0.1) is 10.7 Å². The Labute approximate surface area is 130 Å². The molecule has 1 saturated heterocycles. The maximum atomic E-state index is 6.30. The molecule has 0 radical (unpaired) electrons. The Morgan fingerprint density at radius 2 is 2.05 bits per heavy atom. The molecule has 3 rings (SSSR count). The van der Waals surface area contributed by atoms with Gasteiger partial charge in [-0.3, -0.25) is 4.90 Å². The van der Waals surface area contributed by atoms with Crippen LogP contribution in [0.1, 0.15) is 22.2 Å². The molecule has 1 aromatic carbocycles. The monoisotopic (exact) mass is 309 g/mol. The predicted molar refractivity (Wildman–Crippen MR) is 86.5 cm³/mol. The van der Waals surface area contributed by atoms with E-state index in [9.17, 15) is 0 Å². The van der Waals surface area contributed by atoms with E-state index in [4.69, 9.17) is 5.73 Å². The zero-order valence-corrected chi connectivity index (χ0v) is 13.2. The Hall–Kier alpha value is -0.940. The Morgan fingerprint density at radius 3 is 2.70 bits per heavy atom. The van der Waals surface area contributed by atoms with E-state index in [-0.39, 0.29) is 18.4 Å². The minimum absolute atomic E-state index is 0. The van der Waals surface area contributed by atoms with Gasteiger partial charge in [-0.15, -0.1) is 23.7 Å². The van der Waals surface area contributed by atoms with Gasteiger partial charge in [0.1, 0.15) is 0 Å². The molecule has 2 heterocycles. The fourth-order valence-electron chi connectivity index (χ4n) is 2.81. The molecule has 0 spiro atoms. The number of nitrogens with zero attached hydrogens (tertiary/aromatic N) is 2. The molecule has 3 nitrogen and oxygen atoms in total. The number of hydrogen-bond acceptors (Lipinski definition) is 4. The summed E-state index contributed by atoms with van der Waals surface area (Å²) in [5, 5.41) is 3.29. The summed E-state index contributed by atoms with van der Waals surface area (Å²) in [5.74, 6) is 0.445. The minimum Gasteiger partial charge on any atom is -0.326 e. The van der Waals surface area contributed by atoms with Crippen molar-refractivity contribution in [3.63, 3.8) is 0 Å². The lowest BCUT2D eigenvalue weighted by molar-refractivity contribution is 0.320. The number of hydrogen-bond donors (Lipinski definition) is 1. The van der Waals surface area contributed by atoms with Crippen LogP contribution >= 0.6 is 23.7 Å². The molecule has 20 heavy (non-hydrogen) atoms. The highest BCUT2D eigenvalue weighted by molar-refractivity contribution is 7.09. The van der Waals surface area contributed by atoms with E-state index in [1.807, 2.05) is 0 Å². The maximum absolute atomic E-state index is 6.30. The SMILES string of the molecule is Cc1nc(CN2C[C@@H](N)[C@H](c3ccccc3)C2)cs1.Cl. The van der Waals surface area contributed by atoms with E-state index >= 15 is 0 Å². The summed E-state index contributed by atoms with van der Waals surface area (Å²) in [6, 6.07) is 10.8. The summed E-state index contributed by atoms with van der Waals surface area (Å²) >= 11 is 1.72. The molecule has 1 fully saturated rings. The van der Waals surface area contributed by atoms with E-state index in [0.29, 0.717) is 5.92 Å². The van der Waals surface area contributed by atoms with Crippen molar-refractivity contribution in [2.45, 2.75) is 25.4 Å². The van der Waals surface area contributed by atoms with Gasteiger partial charge in [-0.1, -0.05) is 30.3 Å². The van der Waals surface area contributed by atoms with Crippen LogP contribution in [-0.2, 0) is 6.54 Å². The molecule has 0 unspecified atom stereocenters. The topological polar surface area (TPSA) is 42.2 Å². The summed E-state index contributed by atoms with van der Waals surface area (Å²) in [5.41, 5.74) is 8.82. The van der Waals surface area contributed by atoms with Crippen LogP contribution in [-0.4, -0.2) is 29.0 Å². The third-order valence-corrected chi connectivity index (χ3v) is 4.54. The van der Waals surface area contributed by atoms with Crippen molar-refractivity contribution in [2.24, 2.45) is 5.73 Å². The summed E-state index contributed by atoms with van der Waals surface area (Å²) in [6.45, 7) is 4.95. The number of nitrogens with two attached hydrogens (primary N) is 1. The van der Waals surface area contributed by atoms with E-state index in [2.05, 4.69) is 52.5 Å². The first-order chi connectivity index (χ1) is 9.22. The highest BCUT2D eigenvalue weighted by Crippen LogP contribution is 2.27. The Balaban J connectivity index is 0.00000147. The molecular formula is C15H20ClN3S. The third kappa shape index (κ3) is 3.38. The second kappa shape index (κ2) is 6.68. The van der Waals surface area contributed by atoms with Gasteiger partial charge in [0, 0.05) is 37.0 Å². The lowest BCUT2D eigenvalue weighted by Gasteiger charge is -2.15. The van der Waals surface area contributed by atoms with E-state index in [1.165, 1.54) is 11.3 Å². The van der Waals surface area contributed by atoms with Crippen molar-refractivity contribution < 1.29 is 0 Å². The molecule has 5 heteroatoms. The molecule has 0 aliphatic carbocycles. The fraction of sp³-hybridized carbons (Fsp3) is 0.400. The number of thiazole rings is 1. The first-order valence-corrected chi connectivity index (χ1v) is 7.54. The van der Waals surface area contributed by atoms with Crippen LogP contribution in [0.3, 0.4) is 0 Å². The van der Waals surface area contributed by atoms with Crippen LogP contribution in [0.4, 0.5) is 0 Å². The van der Waals surface area contributed by atoms with Crippen LogP contribution < -0.4 is 5.73 Å². The van der Waals surface area contributed by atoms with Crippen molar-refractivity contribution in [1.82, 2.24) is 9.88 Å². The average molecular weight is 310 g/mol. The maximum Gasteiger partial charge on any atom is 0.0897 e. The quantitative estimate of drug-likeness (QED) is 0.948. The van der Waals surface area contributed by atoms with Gasteiger partial charge in [-0.05, 0) is 12.5 Å². The lowest BCUT2D eigenvalue weighted by Crippen LogP contribution is -2.28. The van der Waals surface area contributed by atoms with Gasteiger partial charge >= 0.3 is 0 Å². The lowest BCUT2D eigenvalue weighted by atomic mass is 9.95. The molecule has 1 aliphatic heterocycles. The van der Waals surface area contributed by atoms with Gasteiger partial charge in [-0.25, -0.2) is 4.98 Å². The van der Waals surface area contributed by atoms with Crippen molar-refractivity contribution in [1.29, 1.82) is 0 Å². The van der Waals surface area contributed by atoms with Crippen molar-refractivity contribution >= 4 is 23.7 Å². The molecular weight excluding hydrogens is 290 g/mol. The predicted octanol–water partition coefficient (Wildman–Crippen LogP) is 2.80. The Bertz CT molecular complexity index is 543. The molecule has 1 aromatic heterocycles. The minimum atomic E-state index is 0. The van der Waals surface area contributed by atoms with Crippen LogP contribution in [0.2, 0.25) is 0 Å². The smallest absolute Gasteiger partial charge is 0.0897 e. The first kappa shape index (κ1) is 15.4. The molecule has 0 bridgehead atoms. The van der Waals surface area contributed by atoms with E-state index in [1.54, 1.807) is 11.3 Å². The van der Waals surface area contributed by atoms with Gasteiger partial charge in [0.15, 0.2) is 0 Å². The average Bonchev–Trinajstić information content (AvgIpc) is 2.97. The van der Waals surface area contributed by atoms with E-state index in [0.717, 1.165) is 24.6 Å². The van der Waals surface area contributed by atoms with E-state index < -0.39 is 0 Å². The van der Waals surface area contributed by atoms with Gasteiger partial charge < -0.3 is 5.73 Å². The second-order valence-corrected chi connectivity index (χ2v) is 6.30. The number of halogens is 1. The largest absolute Gasteiger partial charge is 0.326 e. The number of rotatable bonds is 3. The number of benzene rings is 1. The number of likely N-dealkylation sites (tertiary alicyclic amines) is 1. The summed E-state index contributed by atoms with van der Waals surface area (Å²) in [4.78, 5) is 6.95. The van der Waals surface area contributed by atoms with Crippen molar-refractivity contribution in [3.05, 3.63) is 52.0 Å². The van der Waals surface area contributed by atoms with Crippen LogP contribution in [0, 0.1) is 6.92 Å². The van der Waals surface area contributed by atoms with Crippen LogP contribution in [0.5, 0.6) is 0 Å². The Morgan fingerprint density at radius 1 is 1.30 bits per heavy atom. The summed E-state index contributed by atoms with van der Waals surface area (Å²) in [7, 11) is 0.